The second-order valence-corrected chi connectivity index (χ2v) is 3.99. The van der Waals surface area contributed by atoms with E-state index in [1.807, 2.05) is 12.1 Å². The van der Waals surface area contributed by atoms with Gasteiger partial charge >= 0.3 is 5.76 Å². The predicted molar refractivity (Wildman–Crippen MR) is 67.0 cm³/mol. The number of nitrogens with zero attached hydrogens (tertiary/aromatic N) is 1. The third kappa shape index (κ3) is 2.32. The van der Waals surface area contributed by atoms with Crippen LogP contribution >= 0.6 is 0 Å². The highest BCUT2D eigenvalue weighted by Crippen LogP contribution is 2.17. The zero-order valence-electron chi connectivity index (χ0n) is 9.64. The SMILES string of the molecule is Cn1c(=O)oc2cc(NCC(N)CN)ccc21. The molecule has 0 fully saturated rings. The highest BCUT2D eigenvalue weighted by Gasteiger charge is 2.06. The number of hydrogen-bond donors (Lipinski definition) is 3. The van der Waals surface area contributed by atoms with Gasteiger partial charge in [0.25, 0.3) is 0 Å². The number of nitrogens with two attached hydrogens (primary N) is 2. The molecule has 0 aliphatic rings. The van der Waals surface area contributed by atoms with Crippen molar-refractivity contribution in [3.05, 3.63) is 28.7 Å². The lowest BCUT2D eigenvalue weighted by Gasteiger charge is -2.11. The first-order chi connectivity index (χ1) is 8.11. The van der Waals surface area contributed by atoms with Crippen molar-refractivity contribution in [2.24, 2.45) is 18.5 Å². The molecule has 92 valence electrons. The van der Waals surface area contributed by atoms with Gasteiger partial charge in [-0.1, -0.05) is 0 Å². The summed E-state index contributed by atoms with van der Waals surface area (Å²) in [6.45, 7) is 1.01. The van der Waals surface area contributed by atoms with Crippen LogP contribution in [0.2, 0.25) is 0 Å². The molecule has 1 aromatic carbocycles. The van der Waals surface area contributed by atoms with Gasteiger partial charge in [0.05, 0.1) is 5.52 Å². The number of fused-ring (bicyclic) bond motifs is 1. The Morgan fingerprint density at radius 2 is 2.29 bits per heavy atom. The van der Waals surface area contributed by atoms with E-state index < -0.39 is 0 Å². The molecule has 0 bridgehead atoms. The molecule has 0 saturated heterocycles. The van der Waals surface area contributed by atoms with Crippen LogP contribution in [0.5, 0.6) is 0 Å². The van der Waals surface area contributed by atoms with Crippen LogP contribution in [0, 0.1) is 0 Å². The van der Waals surface area contributed by atoms with Crippen molar-refractivity contribution < 1.29 is 4.42 Å². The summed E-state index contributed by atoms with van der Waals surface area (Å²) in [4.78, 5) is 11.3. The summed E-state index contributed by atoms with van der Waals surface area (Å²) in [6.07, 6.45) is 0. The van der Waals surface area contributed by atoms with Gasteiger partial charge in [0.2, 0.25) is 0 Å². The molecular weight excluding hydrogens is 220 g/mol. The third-order valence-electron chi connectivity index (χ3n) is 2.66. The molecule has 1 aromatic heterocycles. The predicted octanol–water partition coefficient (Wildman–Crippen LogP) is -0.171. The first-order valence-corrected chi connectivity index (χ1v) is 5.41. The van der Waals surface area contributed by atoms with Gasteiger partial charge < -0.3 is 21.2 Å². The summed E-state index contributed by atoms with van der Waals surface area (Å²) < 4.78 is 6.55. The van der Waals surface area contributed by atoms with Crippen LogP contribution in [0.3, 0.4) is 0 Å². The molecule has 0 spiro atoms. The molecule has 0 aliphatic heterocycles. The molecule has 0 amide bonds. The van der Waals surface area contributed by atoms with Crippen LogP contribution in [-0.2, 0) is 7.05 Å². The molecular formula is C11H16N4O2. The average molecular weight is 236 g/mol. The molecule has 6 nitrogen and oxygen atoms in total. The fraction of sp³-hybridized carbons (Fsp3) is 0.364. The van der Waals surface area contributed by atoms with Gasteiger partial charge in [-0.3, -0.25) is 4.57 Å². The van der Waals surface area contributed by atoms with E-state index in [0.29, 0.717) is 18.7 Å². The summed E-state index contributed by atoms with van der Waals surface area (Å²) in [5, 5.41) is 3.14. The number of oxazole rings is 1. The Balaban J connectivity index is 2.23. The number of benzene rings is 1. The van der Waals surface area contributed by atoms with Crippen LogP contribution in [-0.4, -0.2) is 23.7 Å². The van der Waals surface area contributed by atoms with Gasteiger partial charge in [-0.25, -0.2) is 4.79 Å². The molecule has 2 rings (SSSR count). The third-order valence-corrected chi connectivity index (χ3v) is 2.66. The molecule has 1 atom stereocenters. The number of hydrogen-bond acceptors (Lipinski definition) is 5. The molecule has 2 aromatic rings. The zero-order chi connectivity index (χ0) is 12.4. The van der Waals surface area contributed by atoms with E-state index in [1.165, 1.54) is 4.57 Å². The maximum atomic E-state index is 11.3. The van der Waals surface area contributed by atoms with Gasteiger partial charge in [0.1, 0.15) is 0 Å². The molecule has 0 saturated carbocycles. The Hall–Kier alpha value is -1.79. The van der Waals surface area contributed by atoms with E-state index in [-0.39, 0.29) is 11.8 Å². The number of rotatable bonds is 4. The topological polar surface area (TPSA) is 99.2 Å². The van der Waals surface area contributed by atoms with Crippen LogP contribution in [0.1, 0.15) is 0 Å². The molecule has 1 heterocycles. The maximum Gasteiger partial charge on any atom is 0.419 e. The number of aromatic nitrogens is 1. The Labute approximate surface area is 98.2 Å². The van der Waals surface area contributed by atoms with Gasteiger partial charge in [-0.2, -0.15) is 0 Å². The minimum absolute atomic E-state index is 0.0894. The minimum Gasteiger partial charge on any atom is -0.408 e. The monoisotopic (exact) mass is 236 g/mol. The van der Waals surface area contributed by atoms with Gasteiger partial charge in [-0.05, 0) is 12.1 Å². The van der Waals surface area contributed by atoms with Gasteiger partial charge in [0, 0.05) is 37.9 Å². The average Bonchev–Trinajstić information content (AvgIpc) is 2.62. The Kier molecular flexibility index (Phi) is 3.16. The van der Waals surface area contributed by atoms with Crippen molar-refractivity contribution in [2.45, 2.75) is 6.04 Å². The molecule has 0 aliphatic carbocycles. The number of nitrogens with one attached hydrogen (secondary N) is 1. The van der Waals surface area contributed by atoms with Gasteiger partial charge in [-0.15, -0.1) is 0 Å². The Morgan fingerprint density at radius 3 is 3.00 bits per heavy atom. The van der Waals surface area contributed by atoms with Crippen molar-refractivity contribution in [2.75, 3.05) is 18.4 Å². The second-order valence-electron chi connectivity index (χ2n) is 3.99. The van der Waals surface area contributed by atoms with Crippen molar-refractivity contribution in [1.29, 1.82) is 0 Å². The molecule has 5 N–H and O–H groups in total. The van der Waals surface area contributed by atoms with E-state index >= 15 is 0 Å². The first kappa shape index (κ1) is 11.7. The normalized spacial score (nSPS) is 12.9. The fourth-order valence-electron chi connectivity index (χ4n) is 1.58. The lowest BCUT2D eigenvalue weighted by atomic mass is 10.2. The summed E-state index contributed by atoms with van der Waals surface area (Å²) >= 11 is 0. The molecule has 0 radical (unpaired) electrons. The number of aryl methyl sites for hydroxylation is 1. The molecule has 1 unspecified atom stereocenters. The second kappa shape index (κ2) is 4.60. The van der Waals surface area contributed by atoms with E-state index in [0.717, 1.165) is 11.2 Å². The Bertz CT molecular complexity index is 572. The standard InChI is InChI=1S/C11H16N4O2/c1-15-9-3-2-8(14-6-7(13)5-12)4-10(9)17-11(15)16/h2-4,7,14H,5-6,12-13H2,1H3. The van der Waals surface area contributed by atoms with Crippen LogP contribution in [0.15, 0.2) is 27.4 Å². The first-order valence-electron chi connectivity index (χ1n) is 5.41. The number of anilines is 1. The largest absolute Gasteiger partial charge is 0.419 e. The van der Waals surface area contributed by atoms with Crippen LogP contribution < -0.4 is 22.5 Å². The summed E-state index contributed by atoms with van der Waals surface area (Å²) in [5.41, 5.74) is 13.3. The van der Waals surface area contributed by atoms with Gasteiger partial charge in [0.15, 0.2) is 5.58 Å². The van der Waals surface area contributed by atoms with E-state index in [2.05, 4.69) is 5.32 Å². The summed E-state index contributed by atoms with van der Waals surface area (Å²) in [6, 6.07) is 5.39. The Morgan fingerprint density at radius 1 is 1.53 bits per heavy atom. The van der Waals surface area contributed by atoms with Crippen molar-refractivity contribution in [1.82, 2.24) is 4.57 Å². The summed E-state index contributed by atoms with van der Waals surface area (Å²) in [7, 11) is 1.67. The molecule has 17 heavy (non-hydrogen) atoms. The maximum absolute atomic E-state index is 11.3. The summed E-state index contributed by atoms with van der Waals surface area (Å²) in [5.74, 6) is -0.365. The lowest BCUT2D eigenvalue weighted by Crippen LogP contribution is -2.36. The fourth-order valence-corrected chi connectivity index (χ4v) is 1.58. The zero-order valence-corrected chi connectivity index (χ0v) is 9.64. The highest BCUT2D eigenvalue weighted by molar-refractivity contribution is 5.77. The van der Waals surface area contributed by atoms with Crippen LogP contribution in [0.25, 0.3) is 11.1 Å². The minimum atomic E-state index is -0.365. The van der Waals surface area contributed by atoms with Crippen molar-refractivity contribution in [3.63, 3.8) is 0 Å². The quantitative estimate of drug-likeness (QED) is 0.684. The van der Waals surface area contributed by atoms with E-state index in [9.17, 15) is 4.79 Å². The molecule has 6 heteroatoms. The highest BCUT2D eigenvalue weighted by atomic mass is 16.4. The van der Waals surface area contributed by atoms with Crippen LogP contribution in [0.4, 0.5) is 5.69 Å². The van der Waals surface area contributed by atoms with E-state index in [1.54, 1.807) is 13.1 Å². The van der Waals surface area contributed by atoms with Crippen molar-refractivity contribution in [3.8, 4) is 0 Å². The van der Waals surface area contributed by atoms with Crippen molar-refractivity contribution >= 4 is 16.8 Å². The van der Waals surface area contributed by atoms with E-state index in [4.69, 9.17) is 15.9 Å². The lowest BCUT2D eigenvalue weighted by molar-refractivity contribution is 0.528. The smallest absolute Gasteiger partial charge is 0.408 e.